The summed E-state index contributed by atoms with van der Waals surface area (Å²) in [7, 11) is 0. The quantitative estimate of drug-likeness (QED) is 0.405. The van der Waals surface area contributed by atoms with E-state index in [0.29, 0.717) is 4.90 Å². The van der Waals surface area contributed by atoms with Gasteiger partial charge in [-0.1, -0.05) is 36.4 Å². The number of esters is 1. The molecule has 0 bridgehead atoms. The van der Waals surface area contributed by atoms with Crippen molar-refractivity contribution in [2.75, 3.05) is 6.61 Å². The van der Waals surface area contributed by atoms with Gasteiger partial charge in [-0.05, 0) is 44.5 Å². The van der Waals surface area contributed by atoms with Gasteiger partial charge in [0, 0.05) is 17.0 Å². The molecular formula is C20H22N2O5S. The maximum Gasteiger partial charge on any atom is 0.338 e. The second-order valence-electron chi connectivity index (χ2n) is 6.31. The standard InChI is InChI=1S/C20H22N2O5S/c1-4-14(3)21-19(23)12-27-20(24)15-7-10-18(17(11-15)22(25)26)28-16-8-5-13(2)6-9-16/h5-11,14H,4,12H2,1-3H3,(H,21,23)/t14-/m1/s1. The highest BCUT2D eigenvalue weighted by molar-refractivity contribution is 7.99. The van der Waals surface area contributed by atoms with E-state index in [9.17, 15) is 19.7 Å². The van der Waals surface area contributed by atoms with E-state index in [2.05, 4.69) is 5.32 Å². The van der Waals surface area contributed by atoms with E-state index in [1.807, 2.05) is 45.0 Å². The van der Waals surface area contributed by atoms with Crippen LogP contribution in [0.4, 0.5) is 5.69 Å². The normalized spacial score (nSPS) is 11.5. The molecule has 0 saturated heterocycles. The molecule has 28 heavy (non-hydrogen) atoms. The molecule has 148 valence electrons. The SMILES string of the molecule is CC[C@@H](C)NC(=O)COC(=O)c1ccc(Sc2ccc(C)cc2)c([N+](=O)[O-])c1. The van der Waals surface area contributed by atoms with Gasteiger partial charge in [0.2, 0.25) is 0 Å². The van der Waals surface area contributed by atoms with Crippen molar-refractivity contribution in [3.63, 3.8) is 0 Å². The fourth-order valence-corrected chi connectivity index (χ4v) is 3.14. The third kappa shape index (κ3) is 6.09. The Bertz CT molecular complexity index is 867. The minimum absolute atomic E-state index is 0.0228. The lowest BCUT2D eigenvalue weighted by Gasteiger charge is -2.11. The van der Waals surface area contributed by atoms with Crippen LogP contribution in [0.3, 0.4) is 0 Å². The van der Waals surface area contributed by atoms with Crippen LogP contribution >= 0.6 is 11.8 Å². The maximum absolute atomic E-state index is 12.2. The zero-order chi connectivity index (χ0) is 20.7. The molecule has 1 N–H and O–H groups in total. The molecule has 0 aliphatic rings. The smallest absolute Gasteiger partial charge is 0.338 e. The molecule has 1 atom stereocenters. The van der Waals surface area contributed by atoms with Crippen molar-refractivity contribution in [3.8, 4) is 0 Å². The van der Waals surface area contributed by atoms with Crippen molar-refractivity contribution in [1.29, 1.82) is 0 Å². The first kappa shape index (κ1) is 21.4. The third-order valence-electron chi connectivity index (χ3n) is 3.99. The Morgan fingerprint density at radius 3 is 2.50 bits per heavy atom. The van der Waals surface area contributed by atoms with E-state index in [1.165, 1.54) is 30.0 Å². The molecule has 8 heteroatoms. The van der Waals surface area contributed by atoms with Crippen LogP contribution in [0.25, 0.3) is 0 Å². The van der Waals surface area contributed by atoms with Crippen LogP contribution in [0.1, 0.15) is 36.2 Å². The Morgan fingerprint density at radius 2 is 1.89 bits per heavy atom. The van der Waals surface area contributed by atoms with Gasteiger partial charge in [0.1, 0.15) is 0 Å². The fourth-order valence-electron chi connectivity index (χ4n) is 2.24. The van der Waals surface area contributed by atoms with Crippen molar-refractivity contribution < 1.29 is 19.2 Å². The molecule has 7 nitrogen and oxygen atoms in total. The van der Waals surface area contributed by atoms with Gasteiger partial charge in [0.05, 0.1) is 15.4 Å². The van der Waals surface area contributed by atoms with Gasteiger partial charge in [-0.25, -0.2) is 4.79 Å². The molecule has 0 heterocycles. The molecule has 0 aliphatic carbocycles. The number of nitro groups is 1. The maximum atomic E-state index is 12.2. The van der Waals surface area contributed by atoms with Gasteiger partial charge in [0.25, 0.3) is 11.6 Å². The number of carbonyl (C=O) groups excluding carboxylic acids is 2. The first-order valence-corrected chi connectivity index (χ1v) is 9.61. The molecule has 1 amide bonds. The summed E-state index contributed by atoms with van der Waals surface area (Å²) in [5.74, 6) is -1.20. The van der Waals surface area contributed by atoms with Crippen molar-refractivity contribution in [3.05, 3.63) is 63.7 Å². The summed E-state index contributed by atoms with van der Waals surface area (Å²) in [6, 6.07) is 11.7. The Morgan fingerprint density at radius 1 is 1.21 bits per heavy atom. The monoisotopic (exact) mass is 402 g/mol. The van der Waals surface area contributed by atoms with E-state index in [4.69, 9.17) is 4.74 Å². The van der Waals surface area contributed by atoms with E-state index < -0.39 is 23.4 Å². The van der Waals surface area contributed by atoms with Gasteiger partial charge in [-0.15, -0.1) is 0 Å². The minimum Gasteiger partial charge on any atom is -0.452 e. The average molecular weight is 402 g/mol. The molecular weight excluding hydrogens is 380 g/mol. The molecule has 0 fully saturated rings. The number of aryl methyl sites for hydroxylation is 1. The molecule has 0 aliphatic heterocycles. The van der Waals surface area contributed by atoms with Crippen molar-refractivity contribution in [2.45, 2.75) is 43.0 Å². The van der Waals surface area contributed by atoms with Gasteiger partial charge < -0.3 is 10.1 Å². The van der Waals surface area contributed by atoms with Gasteiger partial charge in [0.15, 0.2) is 6.61 Å². The number of hydrogen-bond acceptors (Lipinski definition) is 6. The van der Waals surface area contributed by atoms with E-state index in [0.717, 1.165) is 16.9 Å². The van der Waals surface area contributed by atoms with Crippen molar-refractivity contribution >= 4 is 29.3 Å². The molecule has 2 aromatic rings. The van der Waals surface area contributed by atoms with Crippen LogP contribution in [0.5, 0.6) is 0 Å². The summed E-state index contributed by atoms with van der Waals surface area (Å²) in [5.41, 5.74) is 0.926. The number of nitrogens with zero attached hydrogens (tertiary/aromatic N) is 1. The third-order valence-corrected chi connectivity index (χ3v) is 5.07. The van der Waals surface area contributed by atoms with Crippen LogP contribution in [0, 0.1) is 17.0 Å². The molecule has 0 saturated carbocycles. The number of hydrogen-bond donors (Lipinski definition) is 1. The molecule has 2 aromatic carbocycles. The highest BCUT2D eigenvalue weighted by atomic mass is 32.2. The fraction of sp³-hybridized carbons (Fsp3) is 0.300. The summed E-state index contributed by atoms with van der Waals surface area (Å²) >= 11 is 1.24. The number of rotatable bonds is 8. The minimum atomic E-state index is -0.783. The summed E-state index contributed by atoms with van der Waals surface area (Å²) in [4.78, 5) is 36.0. The van der Waals surface area contributed by atoms with Crippen molar-refractivity contribution in [2.24, 2.45) is 0 Å². The summed E-state index contributed by atoms with van der Waals surface area (Å²) in [6.45, 7) is 5.29. The van der Waals surface area contributed by atoms with Gasteiger partial charge in [-0.2, -0.15) is 0 Å². The highest BCUT2D eigenvalue weighted by Gasteiger charge is 2.20. The molecule has 2 rings (SSSR count). The summed E-state index contributed by atoms with van der Waals surface area (Å²) in [5, 5.41) is 14.1. The average Bonchev–Trinajstić information content (AvgIpc) is 2.67. The van der Waals surface area contributed by atoms with Crippen LogP contribution in [-0.2, 0) is 9.53 Å². The van der Waals surface area contributed by atoms with Crippen LogP contribution < -0.4 is 5.32 Å². The zero-order valence-corrected chi connectivity index (χ0v) is 16.7. The lowest BCUT2D eigenvalue weighted by atomic mass is 10.2. The second kappa shape index (κ2) is 9.89. The molecule has 0 radical (unpaired) electrons. The predicted octanol–water partition coefficient (Wildman–Crippen LogP) is 4.13. The topological polar surface area (TPSA) is 98.5 Å². The Hall–Kier alpha value is -2.87. The summed E-state index contributed by atoms with van der Waals surface area (Å²) in [6.07, 6.45) is 0.756. The predicted molar refractivity (Wildman–Crippen MR) is 107 cm³/mol. The Kier molecular flexibility index (Phi) is 7.57. The number of ether oxygens (including phenoxy) is 1. The van der Waals surface area contributed by atoms with Gasteiger partial charge in [-0.3, -0.25) is 14.9 Å². The van der Waals surface area contributed by atoms with E-state index in [1.54, 1.807) is 0 Å². The van der Waals surface area contributed by atoms with E-state index >= 15 is 0 Å². The number of nitro benzene ring substituents is 1. The highest BCUT2D eigenvalue weighted by Crippen LogP contribution is 2.35. The molecule has 0 unspecified atom stereocenters. The van der Waals surface area contributed by atoms with Crippen molar-refractivity contribution in [1.82, 2.24) is 5.32 Å². The van der Waals surface area contributed by atoms with Crippen LogP contribution in [-0.4, -0.2) is 29.4 Å². The molecule has 0 aromatic heterocycles. The number of carbonyl (C=O) groups is 2. The number of amides is 1. The first-order valence-electron chi connectivity index (χ1n) is 8.79. The largest absolute Gasteiger partial charge is 0.452 e. The molecule has 0 spiro atoms. The lowest BCUT2D eigenvalue weighted by molar-refractivity contribution is -0.387. The van der Waals surface area contributed by atoms with Crippen LogP contribution in [0.2, 0.25) is 0 Å². The Labute approximate surface area is 167 Å². The van der Waals surface area contributed by atoms with E-state index in [-0.39, 0.29) is 17.3 Å². The van der Waals surface area contributed by atoms with Crippen LogP contribution in [0.15, 0.2) is 52.3 Å². The first-order chi connectivity index (χ1) is 13.3. The number of nitrogens with one attached hydrogen (secondary N) is 1. The van der Waals surface area contributed by atoms with Gasteiger partial charge >= 0.3 is 5.97 Å². The second-order valence-corrected chi connectivity index (χ2v) is 7.42. The lowest BCUT2D eigenvalue weighted by Crippen LogP contribution is -2.35. The zero-order valence-electron chi connectivity index (χ0n) is 15.9. The number of benzene rings is 2. The Balaban J connectivity index is 2.10. The summed E-state index contributed by atoms with van der Waals surface area (Å²) < 4.78 is 4.96.